The average molecular weight is 443 g/mol. The lowest BCUT2D eigenvalue weighted by atomic mass is 9.87. The van der Waals surface area contributed by atoms with Gasteiger partial charge in [0.25, 0.3) is 11.8 Å². The summed E-state index contributed by atoms with van der Waals surface area (Å²) in [5.41, 5.74) is 0.965. The summed E-state index contributed by atoms with van der Waals surface area (Å²) in [5, 5.41) is 5.49. The molecule has 1 aliphatic heterocycles. The average Bonchev–Trinajstić information content (AvgIpc) is 3.00. The summed E-state index contributed by atoms with van der Waals surface area (Å²) >= 11 is 0. The first-order chi connectivity index (χ1) is 14.8. The Morgan fingerprint density at radius 3 is 2.47 bits per heavy atom. The van der Waals surface area contributed by atoms with Crippen molar-refractivity contribution in [2.45, 2.75) is 52.4 Å². The summed E-state index contributed by atoms with van der Waals surface area (Å²) in [6, 6.07) is 7.48. The van der Waals surface area contributed by atoms with Gasteiger partial charge in [0.1, 0.15) is 11.7 Å². The van der Waals surface area contributed by atoms with E-state index in [0.29, 0.717) is 22.8 Å². The third kappa shape index (κ3) is 4.69. The zero-order chi connectivity index (χ0) is 23.8. The van der Waals surface area contributed by atoms with Crippen LogP contribution in [0.3, 0.4) is 0 Å². The monoisotopic (exact) mass is 443 g/mol. The van der Waals surface area contributed by atoms with Crippen LogP contribution in [0.25, 0.3) is 0 Å². The van der Waals surface area contributed by atoms with E-state index in [9.17, 15) is 18.4 Å². The molecule has 2 heterocycles. The number of amides is 1. The molecule has 6 nitrogen and oxygen atoms in total. The van der Waals surface area contributed by atoms with E-state index in [1.165, 1.54) is 31.5 Å². The maximum absolute atomic E-state index is 13.6. The smallest absolute Gasteiger partial charge is 0.270 e. The van der Waals surface area contributed by atoms with Crippen molar-refractivity contribution in [2.75, 3.05) is 12.1 Å². The number of hydrogen-bond donors (Lipinski definition) is 0. The Balaban J connectivity index is 1.89. The number of carbonyl (C=O) groups is 2. The Morgan fingerprint density at radius 1 is 1.19 bits per heavy atom. The normalized spacial score (nSPS) is 16.9. The van der Waals surface area contributed by atoms with Gasteiger partial charge in [0.2, 0.25) is 0 Å². The largest absolute Gasteiger partial charge is 0.495 e. The van der Waals surface area contributed by atoms with Crippen LogP contribution in [0.15, 0.2) is 41.6 Å². The molecule has 1 aromatic heterocycles. The molecule has 0 saturated carbocycles. The Kier molecular flexibility index (Phi) is 6.18. The highest BCUT2D eigenvalue weighted by Crippen LogP contribution is 2.36. The van der Waals surface area contributed by atoms with Crippen LogP contribution in [0.2, 0.25) is 0 Å². The molecule has 1 unspecified atom stereocenters. The molecule has 0 bridgehead atoms. The van der Waals surface area contributed by atoms with Gasteiger partial charge in [-0.3, -0.25) is 9.59 Å². The second kappa shape index (κ2) is 8.41. The van der Waals surface area contributed by atoms with Crippen LogP contribution in [0.5, 0.6) is 5.75 Å². The molecule has 1 atom stereocenters. The molecule has 32 heavy (non-hydrogen) atoms. The van der Waals surface area contributed by atoms with Crippen LogP contribution < -0.4 is 9.75 Å². The number of carbonyl (C=O) groups excluding carboxylic acids is 2. The van der Waals surface area contributed by atoms with Crippen LogP contribution in [-0.4, -0.2) is 29.5 Å². The van der Waals surface area contributed by atoms with Gasteiger partial charge in [-0.15, -0.1) is 0 Å². The van der Waals surface area contributed by atoms with E-state index in [4.69, 9.17) is 4.74 Å². The quantitative estimate of drug-likeness (QED) is 0.610. The standard InChI is InChI=1S/C24H27F2N3O3/c1-14-20(19(30)11-15-8-7-9-16(10-15)24(5,25)26)22(31)29(28-14)21-18(23(2,3)4)12-17(32-6)13-27-21/h7-10,12-13,20H,11H2,1-6H3. The fourth-order valence-corrected chi connectivity index (χ4v) is 3.62. The first-order valence-electron chi connectivity index (χ1n) is 10.3. The zero-order valence-electron chi connectivity index (χ0n) is 19.1. The molecule has 0 radical (unpaired) electrons. The Labute approximate surface area is 186 Å². The first-order valence-corrected chi connectivity index (χ1v) is 10.3. The molecule has 1 amide bonds. The molecule has 170 valence electrons. The molecule has 1 aromatic carbocycles. The van der Waals surface area contributed by atoms with Crippen LogP contribution in [0.1, 0.15) is 51.3 Å². The number of methoxy groups -OCH3 is 1. The molecule has 8 heteroatoms. The van der Waals surface area contributed by atoms with Crippen LogP contribution in [-0.2, 0) is 27.3 Å². The molecule has 0 saturated heterocycles. The van der Waals surface area contributed by atoms with Gasteiger partial charge in [0.15, 0.2) is 11.6 Å². The van der Waals surface area contributed by atoms with E-state index in [1.54, 1.807) is 19.1 Å². The number of rotatable bonds is 6. The summed E-state index contributed by atoms with van der Waals surface area (Å²) in [7, 11) is 1.53. The van der Waals surface area contributed by atoms with Crippen molar-refractivity contribution in [2.24, 2.45) is 11.0 Å². The highest BCUT2D eigenvalue weighted by molar-refractivity contribution is 6.27. The molecule has 3 rings (SSSR count). The molecule has 0 fully saturated rings. The number of hydrazone groups is 1. The van der Waals surface area contributed by atoms with Gasteiger partial charge in [-0.05, 0) is 30.0 Å². The third-order valence-electron chi connectivity index (χ3n) is 5.35. The number of aromatic nitrogens is 1. The van der Waals surface area contributed by atoms with Crippen LogP contribution in [0.4, 0.5) is 14.6 Å². The lowest BCUT2D eigenvalue weighted by Crippen LogP contribution is -2.35. The molecule has 0 N–H and O–H groups in total. The van der Waals surface area contributed by atoms with Gasteiger partial charge in [0, 0.05) is 24.5 Å². The minimum Gasteiger partial charge on any atom is -0.495 e. The topological polar surface area (TPSA) is 71.9 Å². The van der Waals surface area contributed by atoms with E-state index in [2.05, 4.69) is 10.1 Å². The fraction of sp³-hybridized carbons (Fsp3) is 0.417. The third-order valence-corrected chi connectivity index (χ3v) is 5.35. The number of ether oxygens (including phenoxy) is 1. The van der Waals surface area contributed by atoms with E-state index < -0.39 is 23.5 Å². The maximum Gasteiger partial charge on any atom is 0.270 e. The van der Waals surface area contributed by atoms with Crippen molar-refractivity contribution in [1.82, 2.24) is 4.98 Å². The zero-order valence-corrected chi connectivity index (χ0v) is 19.1. The minimum atomic E-state index is -3.01. The SMILES string of the molecule is COc1cnc(N2N=C(C)C(C(=O)Cc3cccc(C(C)(F)F)c3)C2=O)c(C(C)(C)C)c1. The summed E-state index contributed by atoms with van der Waals surface area (Å²) < 4.78 is 32.6. The predicted octanol–water partition coefficient (Wildman–Crippen LogP) is 4.65. The molecule has 1 aliphatic rings. The minimum absolute atomic E-state index is 0.150. The fourth-order valence-electron chi connectivity index (χ4n) is 3.62. The predicted molar refractivity (Wildman–Crippen MR) is 118 cm³/mol. The number of halogens is 2. The molecular weight excluding hydrogens is 416 g/mol. The molecular formula is C24H27F2N3O3. The summed E-state index contributed by atoms with van der Waals surface area (Å²) in [6.45, 7) is 8.34. The van der Waals surface area contributed by atoms with E-state index >= 15 is 0 Å². The van der Waals surface area contributed by atoms with Crippen LogP contribution >= 0.6 is 0 Å². The molecule has 0 aliphatic carbocycles. The Hall–Kier alpha value is -3.16. The second-order valence-corrected chi connectivity index (χ2v) is 9.05. The molecule has 2 aromatic rings. The highest BCUT2D eigenvalue weighted by Gasteiger charge is 2.41. The number of Topliss-reactive ketones (excluding diaryl/α,β-unsaturated/α-hetero) is 1. The number of pyridine rings is 1. The van der Waals surface area contributed by atoms with E-state index in [1.807, 2.05) is 20.8 Å². The number of ketones is 1. The number of anilines is 1. The number of nitrogens with zero attached hydrogens (tertiary/aromatic N) is 3. The summed E-state index contributed by atoms with van der Waals surface area (Å²) in [4.78, 5) is 30.6. The van der Waals surface area contributed by atoms with Crippen molar-refractivity contribution in [3.05, 3.63) is 53.2 Å². The van der Waals surface area contributed by atoms with Gasteiger partial charge in [0.05, 0.1) is 19.0 Å². The molecule has 0 spiro atoms. The Morgan fingerprint density at radius 2 is 1.88 bits per heavy atom. The van der Waals surface area contributed by atoms with Crippen molar-refractivity contribution < 1.29 is 23.1 Å². The van der Waals surface area contributed by atoms with Gasteiger partial charge in [-0.25, -0.2) is 13.8 Å². The Bertz CT molecular complexity index is 1080. The lowest BCUT2D eigenvalue weighted by molar-refractivity contribution is -0.128. The van der Waals surface area contributed by atoms with Gasteiger partial charge >= 0.3 is 0 Å². The van der Waals surface area contributed by atoms with Crippen molar-refractivity contribution in [3.8, 4) is 5.75 Å². The van der Waals surface area contributed by atoms with E-state index in [-0.39, 0.29) is 17.4 Å². The summed E-state index contributed by atoms with van der Waals surface area (Å²) in [5.74, 6) is -4.12. The van der Waals surface area contributed by atoms with Gasteiger partial charge < -0.3 is 4.74 Å². The van der Waals surface area contributed by atoms with Crippen LogP contribution in [0, 0.1) is 5.92 Å². The van der Waals surface area contributed by atoms with Gasteiger partial charge in [-0.2, -0.15) is 10.1 Å². The van der Waals surface area contributed by atoms with Gasteiger partial charge in [-0.1, -0.05) is 39.0 Å². The van der Waals surface area contributed by atoms with Crippen molar-refractivity contribution in [3.63, 3.8) is 0 Å². The lowest BCUT2D eigenvalue weighted by Gasteiger charge is -2.25. The maximum atomic E-state index is 13.6. The number of alkyl halides is 2. The second-order valence-electron chi connectivity index (χ2n) is 9.05. The number of benzene rings is 1. The number of hydrogen-bond acceptors (Lipinski definition) is 5. The van der Waals surface area contributed by atoms with Crippen molar-refractivity contribution in [1.29, 1.82) is 0 Å². The van der Waals surface area contributed by atoms with E-state index in [0.717, 1.165) is 17.5 Å². The first kappa shape index (κ1) is 23.5. The van der Waals surface area contributed by atoms with Crippen molar-refractivity contribution >= 4 is 23.2 Å². The summed E-state index contributed by atoms with van der Waals surface area (Å²) in [6.07, 6.45) is 1.34. The highest BCUT2D eigenvalue weighted by atomic mass is 19.3.